The van der Waals surface area contributed by atoms with E-state index in [9.17, 15) is 5.11 Å². The van der Waals surface area contributed by atoms with Gasteiger partial charge in [-0.05, 0) is 31.6 Å². The highest BCUT2D eigenvalue weighted by atomic mass is 16.5. The maximum atomic E-state index is 9.45. The van der Waals surface area contributed by atoms with E-state index in [0.29, 0.717) is 24.6 Å². The molecule has 94 valence electrons. The maximum absolute atomic E-state index is 9.45. The Morgan fingerprint density at radius 1 is 1.00 bits per heavy atom. The van der Waals surface area contributed by atoms with Crippen molar-refractivity contribution >= 4 is 0 Å². The minimum Gasteiger partial charge on any atom is -0.396 e. The van der Waals surface area contributed by atoms with Gasteiger partial charge in [0.15, 0.2) is 0 Å². The Morgan fingerprint density at radius 2 is 1.75 bits per heavy atom. The van der Waals surface area contributed by atoms with Crippen LogP contribution in [0.15, 0.2) is 0 Å². The van der Waals surface area contributed by atoms with Gasteiger partial charge >= 0.3 is 0 Å². The van der Waals surface area contributed by atoms with Crippen LogP contribution in [0.4, 0.5) is 0 Å². The third kappa shape index (κ3) is 3.44. The van der Waals surface area contributed by atoms with Crippen molar-refractivity contribution in [1.82, 2.24) is 5.32 Å². The van der Waals surface area contributed by atoms with Crippen LogP contribution in [0, 0.1) is 5.92 Å². The summed E-state index contributed by atoms with van der Waals surface area (Å²) < 4.78 is 5.38. The quantitative estimate of drug-likeness (QED) is 0.721. The van der Waals surface area contributed by atoms with Gasteiger partial charge in [0.25, 0.3) is 0 Å². The van der Waals surface area contributed by atoms with Gasteiger partial charge in [0.1, 0.15) is 0 Å². The molecule has 1 saturated carbocycles. The van der Waals surface area contributed by atoms with Gasteiger partial charge in [0.2, 0.25) is 0 Å². The van der Waals surface area contributed by atoms with Crippen LogP contribution in [-0.2, 0) is 4.74 Å². The molecule has 1 heterocycles. The van der Waals surface area contributed by atoms with Gasteiger partial charge in [-0.2, -0.15) is 0 Å². The van der Waals surface area contributed by atoms with E-state index in [0.717, 1.165) is 26.1 Å². The molecule has 2 rings (SSSR count). The van der Waals surface area contributed by atoms with Crippen LogP contribution < -0.4 is 5.32 Å². The average molecular weight is 227 g/mol. The lowest BCUT2D eigenvalue weighted by atomic mass is 9.94. The lowest BCUT2D eigenvalue weighted by Crippen LogP contribution is -2.45. The molecule has 2 aliphatic rings. The van der Waals surface area contributed by atoms with Gasteiger partial charge in [0.05, 0.1) is 0 Å². The number of ether oxygens (including phenoxy) is 1. The molecule has 0 aromatic carbocycles. The predicted molar refractivity (Wildman–Crippen MR) is 64.4 cm³/mol. The Morgan fingerprint density at radius 3 is 2.50 bits per heavy atom. The summed E-state index contributed by atoms with van der Waals surface area (Å²) in [5.41, 5.74) is 0. The Hall–Kier alpha value is -0.120. The van der Waals surface area contributed by atoms with E-state index < -0.39 is 0 Å². The molecule has 0 spiro atoms. The molecule has 1 aliphatic carbocycles. The molecule has 3 heteroatoms. The molecule has 0 aromatic rings. The lowest BCUT2D eigenvalue weighted by molar-refractivity contribution is 0.0686. The summed E-state index contributed by atoms with van der Waals surface area (Å²) in [5, 5.41) is 13.2. The van der Waals surface area contributed by atoms with Crippen molar-refractivity contribution in [2.24, 2.45) is 5.92 Å². The highest BCUT2D eigenvalue weighted by Gasteiger charge is 2.25. The Balaban J connectivity index is 1.83. The van der Waals surface area contributed by atoms with E-state index in [1.54, 1.807) is 0 Å². The molecule has 3 nitrogen and oxygen atoms in total. The van der Waals surface area contributed by atoms with E-state index in [2.05, 4.69) is 5.32 Å². The second-order valence-corrected chi connectivity index (χ2v) is 5.24. The Bertz CT molecular complexity index is 192. The Labute approximate surface area is 98.6 Å². The maximum Gasteiger partial charge on any atom is 0.0480 e. The fourth-order valence-electron chi connectivity index (χ4n) is 2.99. The molecule has 2 atom stereocenters. The van der Waals surface area contributed by atoms with Crippen LogP contribution in [0.5, 0.6) is 0 Å². The summed E-state index contributed by atoms with van der Waals surface area (Å²) in [5.74, 6) is 0.477. The summed E-state index contributed by atoms with van der Waals surface area (Å²) in [7, 11) is 0. The van der Waals surface area contributed by atoms with Crippen molar-refractivity contribution in [3.63, 3.8) is 0 Å². The zero-order valence-electron chi connectivity index (χ0n) is 10.2. The molecular formula is C13H25NO2. The predicted octanol–water partition coefficient (Wildman–Crippen LogP) is 1.70. The normalized spacial score (nSPS) is 33.6. The van der Waals surface area contributed by atoms with Gasteiger partial charge in [-0.15, -0.1) is 0 Å². The smallest absolute Gasteiger partial charge is 0.0480 e. The molecule has 2 unspecified atom stereocenters. The van der Waals surface area contributed by atoms with Crippen molar-refractivity contribution in [1.29, 1.82) is 0 Å². The van der Waals surface area contributed by atoms with E-state index in [1.807, 2.05) is 0 Å². The largest absolute Gasteiger partial charge is 0.396 e. The number of hydrogen-bond acceptors (Lipinski definition) is 3. The van der Waals surface area contributed by atoms with Gasteiger partial charge in [-0.25, -0.2) is 0 Å². The molecule has 2 N–H and O–H groups in total. The Kier molecular flexibility index (Phi) is 5.07. The molecule has 0 amide bonds. The highest BCUT2D eigenvalue weighted by Crippen LogP contribution is 2.24. The van der Waals surface area contributed by atoms with Crippen molar-refractivity contribution in [2.75, 3.05) is 19.8 Å². The first kappa shape index (κ1) is 12.3. The van der Waals surface area contributed by atoms with E-state index >= 15 is 0 Å². The van der Waals surface area contributed by atoms with Crippen molar-refractivity contribution in [3.05, 3.63) is 0 Å². The van der Waals surface area contributed by atoms with Crippen LogP contribution in [0.1, 0.15) is 44.9 Å². The van der Waals surface area contributed by atoms with Crippen molar-refractivity contribution in [3.8, 4) is 0 Å². The second kappa shape index (κ2) is 6.58. The lowest BCUT2D eigenvalue weighted by Gasteiger charge is -2.31. The second-order valence-electron chi connectivity index (χ2n) is 5.24. The number of aliphatic hydroxyl groups excluding tert-OH is 1. The number of nitrogens with one attached hydrogen (secondary N) is 1. The summed E-state index contributed by atoms with van der Waals surface area (Å²) in [6.45, 7) is 2.14. The fraction of sp³-hybridized carbons (Fsp3) is 1.00. The van der Waals surface area contributed by atoms with E-state index in [1.165, 1.54) is 32.1 Å². The van der Waals surface area contributed by atoms with Gasteiger partial charge in [0, 0.05) is 31.9 Å². The van der Waals surface area contributed by atoms with E-state index in [4.69, 9.17) is 4.74 Å². The SMILES string of the molecule is OCC1CCCCCC1NC1CCOCC1. The molecule has 2 fully saturated rings. The first-order valence-electron chi connectivity index (χ1n) is 6.85. The first-order valence-corrected chi connectivity index (χ1v) is 6.85. The van der Waals surface area contributed by atoms with E-state index in [-0.39, 0.29) is 0 Å². The van der Waals surface area contributed by atoms with Crippen LogP contribution in [0.25, 0.3) is 0 Å². The van der Waals surface area contributed by atoms with Crippen LogP contribution in [0.2, 0.25) is 0 Å². The zero-order valence-corrected chi connectivity index (χ0v) is 10.2. The fourth-order valence-corrected chi connectivity index (χ4v) is 2.99. The monoisotopic (exact) mass is 227 g/mol. The molecular weight excluding hydrogens is 202 g/mol. The third-order valence-corrected chi connectivity index (χ3v) is 4.06. The molecule has 0 bridgehead atoms. The van der Waals surface area contributed by atoms with Gasteiger partial charge in [-0.3, -0.25) is 0 Å². The van der Waals surface area contributed by atoms with Crippen LogP contribution in [-0.4, -0.2) is 37.0 Å². The molecule has 0 radical (unpaired) electrons. The van der Waals surface area contributed by atoms with Gasteiger partial charge in [-0.1, -0.05) is 19.3 Å². The number of hydrogen-bond donors (Lipinski definition) is 2. The first-order chi connectivity index (χ1) is 7.90. The standard InChI is InChI=1S/C13H25NO2/c15-10-11-4-2-1-3-5-13(11)14-12-6-8-16-9-7-12/h11-15H,1-10H2. The summed E-state index contributed by atoms with van der Waals surface area (Å²) in [4.78, 5) is 0. The summed E-state index contributed by atoms with van der Waals surface area (Å²) >= 11 is 0. The topological polar surface area (TPSA) is 41.5 Å². The minimum atomic E-state index is 0.348. The molecule has 16 heavy (non-hydrogen) atoms. The number of rotatable bonds is 3. The average Bonchev–Trinajstić information content (AvgIpc) is 2.55. The molecule has 1 aliphatic heterocycles. The number of aliphatic hydroxyl groups is 1. The van der Waals surface area contributed by atoms with Crippen molar-refractivity contribution < 1.29 is 9.84 Å². The minimum absolute atomic E-state index is 0.348. The highest BCUT2D eigenvalue weighted by molar-refractivity contribution is 4.83. The summed E-state index contributed by atoms with van der Waals surface area (Å²) in [6.07, 6.45) is 8.64. The van der Waals surface area contributed by atoms with Crippen LogP contribution >= 0.6 is 0 Å². The van der Waals surface area contributed by atoms with Gasteiger partial charge < -0.3 is 15.2 Å². The van der Waals surface area contributed by atoms with Crippen LogP contribution in [0.3, 0.4) is 0 Å². The molecule has 0 aromatic heterocycles. The molecule has 1 saturated heterocycles. The zero-order chi connectivity index (χ0) is 11.2. The van der Waals surface area contributed by atoms with Crippen molar-refractivity contribution in [2.45, 2.75) is 57.0 Å². The third-order valence-electron chi connectivity index (χ3n) is 4.06. The summed E-state index contributed by atoms with van der Waals surface area (Å²) in [6, 6.07) is 1.15.